The monoisotopic (exact) mass is 772 g/mol. The Hall–Kier alpha value is -4.90. The van der Waals surface area contributed by atoms with E-state index in [2.05, 4.69) is 39.2 Å². The number of carbonyl (C=O) groups excluding carboxylic acids is 4. The number of nitrogens with two attached hydrogens (primary N) is 1. The first kappa shape index (κ1) is 43.5. The molecule has 0 aromatic heterocycles. The third kappa shape index (κ3) is 14.9. The molecule has 1 aliphatic rings. The summed E-state index contributed by atoms with van der Waals surface area (Å²) >= 11 is 4.06. The number of hydrogen-bond acceptors (Lipinski definition) is 9. The van der Waals surface area contributed by atoms with Crippen LogP contribution in [-0.2, 0) is 35.2 Å². The summed E-state index contributed by atoms with van der Waals surface area (Å²) in [6.45, 7) is 0.638. The highest BCUT2D eigenvalue weighted by Crippen LogP contribution is 2.29. The smallest absolute Gasteiger partial charge is 0.326 e. The van der Waals surface area contributed by atoms with E-state index in [4.69, 9.17) is 10.8 Å². The van der Waals surface area contributed by atoms with Crippen molar-refractivity contribution in [3.8, 4) is 0 Å². The van der Waals surface area contributed by atoms with Gasteiger partial charge in [0.05, 0.1) is 6.04 Å². The van der Waals surface area contributed by atoms with E-state index in [9.17, 15) is 43.8 Å². The van der Waals surface area contributed by atoms with Crippen LogP contribution in [0.3, 0.4) is 0 Å². The molecule has 0 spiro atoms. The van der Waals surface area contributed by atoms with Gasteiger partial charge in [-0.2, -0.15) is 12.6 Å². The standard InChI is InChI=1S/C37H52N6O10S/c38-27(21-54)33(47)40-20-22-11-15-25(16-12-22)32(46)41-30(19-23-13-14-24-6-1-2-7-26(24)18-23)34(48)39-17-4-3-8-28(35(49)50)42-37(53)43-29(36(51)52)9-5-10-31(44)45/h1-2,6-7,13-14,18,22,25,27-30,54H,3-5,8-12,15-17,19-21,38H2,(H,39,48)(H,40,47)(H,41,46)(H,44,45)(H,49,50)(H,51,52)(H2,42,43,53)/t22-,25-,27-,28-,29-,30-/m0/s1. The molecule has 0 saturated heterocycles. The Morgan fingerprint density at radius 2 is 1.37 bits per heavy atom. The van der Waals surface area contributed by atoms with Crippen LogP contribution in [0, 0.1) is 11.8 Å². The second kappa shape index (κ2) is 22.3. The van der Waals surface area contributed by atoms with Gasteiger partial charge in [-0.1, -0.05) is 42.5 Å². The maximum atomic E-state index is 13.5. The van der Waals surface area contributed by atoms with Gasteiger partial charge in [0.2, 0.25) is 17.7 Å². The molecule has 54 heavy (non-hydrogen) atoms. The van der Waals surface area contributed by atoms with Crippen LogP contribution in [0.1, 0.15) is 69.8 Å². The van der Waals surface area contributed by atoms with Gasteiger partial charge in [-0.25, -0.2) is 14.4 Å². The quantitative estimate of drug-likeness (QED) is 0.0609. The van der Waals surface area contributed by atoms with Crippen LogP contribution < -0.4 is 32.3 Å². The van der Waals surface area contributed by atoms with Crippen molar-refractivity contribution in [3.05, 3.63) is 48.0 Å². The Labute approximate surface area is 319 Å². The van der Waals surface area contributed by atoms with Crippen molar-refractivity contribution in [2.75, 3.05) is 18.8 Å². The molecular weight excluding hydrogens is 721 g/mol. The van der Waals surface area contributed by atoms with Gasteiger partial charge in [-0.3, -0.25) is 19.2 Å². The second-order valence-electron chi connectivity index (χ2n) is 13.7. The topological polar surface area (TPSA) is 266 Å². The third-order valence-corrected chi connectivity index (χ3v) is 9.91. The molecular formula is C37H52N6O10S. The Morgan fingerprint density at radius 3 is 1.98 bits per heavy atom. The summed E-state index contributed by atoms with van der Waals surface area (Å²) in [4.78, 5) is 85.4. The van der Waals surface area contributed by atoms with Crippen LogP contribution in [-0.4, -0.2) is 100.0 Å². The van der Waals surface area contributed by atoms with Crippen molar-refractivity contribution in [1.82, 2.24) is 26.6 Å². The van der Waals surface area contributed by atoms with Crippen LogP contribution in [0.4, 0.5) is 4.79 Å². The second-order valence-corrected chi connectivity index (χ2v) is 14.0. The highest BCUT2D eigenvalue weighted by atomic mass is 32.1. The molecule has 0 heterocycles. The highest BCUT2D eigenvalue weighted by molar-refractivity contribution is 7.80. The SMILES string of the molecule is N[C@@H](CS)C(=O)NC[C@H]1CC[C@H](C(=O)N[C@@H](Cc2ccc3ccccc3c2)C(=O)NCCCC[C@H](NC(=O)N[C@@H](CCCC(=O)O)C(=O)O)C(=O)O)CC1. The number of benzene rings is 2. The number of rotatable bonds is 22. The summed E-state index contributed by atoms with van der Waals surface area (Å²) in [7, 11) is 0. The van der Waals surface area contributed by atoms with E-state index >= 15 is 0 Å². The summed E-state index contributed by atoms with van der Waals surface area (Å²) < 4.78 is 0. The summed E-state index contributed by atoms with van der Waals surface area (Å²) in [5.41, 5.74) is 6.59. The average Bonchev–Trinajstić information content (AvgIpc) is 3.14. The predicted molar refractivity (Wildman–Crippen MR) is 203 cm³/mol. The van der Waals surface area contributed by atoms with E-state index in [-0.39, 0.29) is 74.5 Å². The van der Waals surface area contributed by atoms with E-state index in [1.807, 2.05) is 42.5 Å². The molecule has 0 unspecified atom stereocenters. The molecule has 0 radical (unpaired) electrons. The Bertz CT molecular complexity index is 1620. The van der Waals surface area contributed by atoms with Crippen LogP contribution in [0.2, 0.25) is 0 Å². The average molecular weight is 773 g/mol. The van der Waals surface area contributed by atoms with E-state index < -0.39 is 54.0 Å². The van der Waals surface area contributed by atoms with Crippen molar-refractivity contribution in [2.24, 2.45) is 17.6 Å². The summed E-state index contributed by atoms with van der Waals surface area (Å²) in [5, 5.41) is 42.8. The van der Waals surface area contributed by atoms with Crippen LogP contribution >= 0.6 is 12.6 Å². The number of carbonyl (C=O) groups is 7. The molecule has 3 rings (SSSR count). The lowest BCUT2D eigenvalue weighted by molar-refractivity contribution is -0.140. The van der Waals surface area contributed by atoms with Gasteiger partial charge in [0, 0.05) is 37.6 Å². The molecule has 1 fully saturated rings. The molecule has 0 bridgehead atoms. The lowest BCUT2D eigenvalue weighted by Crippen LogP contribution is -2.51. The number of fused-ring (bicyclic) bond motifs is 1. The first-order valence-electron chi connectivity index (χ1n) is 18.2. The molecule has 4 atom stereocenters. The van der Waals surface area contributed by atoms with Gasteiger partial charge in [-0.15, -0.1) is 0 Å². The zero-order valence-electron chi connectivity index (χ0n) is 30.1. The lowest BCUT2D eigenvalue weighted by Gasteiger charge is -2.29. The zero-order valence-corrected chi connectivity index (χ0v) is 31.0. The first-order chi connectivity index (χ1) is 25.8. The van der Waals surface area contributed by atoms with Crippen LogP contribution in [0.15, 0.2) is 42.5 Å². The number of unbranched alkanes of at least 4 members (excludes halogenated alkanes) is 1. The van der Waals surface area contributed by atoms with Gasteiger partial charge >= 0.3 is 23.9 Å². The van der Waals surface area contributed by atoms with E-state index in [1.165, 1.54) is 0 Å². The van der Waals surface area contributed by atoms with E-state index in [1.54, 1.807) is 0 Å². The molecule has 5 amide bonds. The number of carboxylic acids is 3. The van der Waals surface area contributed by atoms with Gasteiger partial charge < -0.3 is 47.6 Å². The molecule has 296 valence electrons. The van der Waals surface area contributed by atoms with Crippen molar-refractivity contribution < 1.29 is 48.9 Å². The Balaban J connectivity index is 1.54. The fraction of sp³-hybridized carbons (Fsp3) is 0.541. The summed E-state index contributed by atoms with van der Waals surface area (Å²) in [5.74, 6) is -4.54. The Morgan fingerprint density at radius 1 is 0.741 bits per heavy atom. The van der Waals surface area contributed by atoms with Crippen LogP contribution in [0.5, 0.6) is 0 Å². The lowest BCUT2D eigenvalue weighted by atomic mass is 9.81. The number of nitrogens with one attached hydrogen (secondary N) is 5. The van der Waals surface area contributed by atoms with Gasteiger partial charge in [0.25, 0.3) is 0 Å². The molecule has 2 aromatic carbocycles. The molecule has 1 aliphatic carbocycles. The molecule has 2 aromatic rings. The fourth-order valence-electron chi connectivity index (χ4n) is 6.33. The van der Waals surface area contributed by atoms with Crippen molar-refractivity contribution >= 4 is 65.1 Å². The van der Waals surface area contributed by atoms with E-state index in [0.29, 0.717) is 25.8 Å². The number of amides is 5. The summed E-state index contributed by atoms with van der Waals surface area (Å²) in [6, 6.07) is 8.35. The van der Waals surface area contributed by atoms with E-state index in [0.717, 1.165) is 29.2 Å². The number of carboxylic acid groups (broad SMARTS) is 3. The third-order valence-electron chi connectivity index (χ3n) is 9.51. The number of urea groups is 1. The van der Waals surface area contributed by atoms with Gasteiger partial charge in [0.1, 0.15) is 18.1 Å². The number of hydrogen-bond donors (Lipinski definition) is 10. The molecule has 0 aliphatic heterocycles. The molecule has 1 saturated carbocycles. The predicted octanol–water partition coefficient (Wildman–Crippen LogP) is 1.79. The van der Waals surface area contributed by atoms with Gasteiger partial charge in [0.15, 0.2) is 0 Å². The molecule has 10 N–H and O–H groups in total. The normalized spacial score (nSPS) is 17.6. The van der Waals surface area contributed by atoms with Crippen molar-refractivity contribution in [1.29, 1.82) is 0 Å². The Kier molecular flexibility index (Phi) is 18.0. The maximum Gasteiger partial charge on any atom is 0.326 e. The first-order valence-corrected chi connectivity index (χ1v) is 18.8. The van der Waals surface area contributed by atoms with Gasteiger partial charge in [-0.05, 0) is 80.0 Å². The zero-order chi connectivity index (χ0) is 39.6. The van der Waals surface area contributed by atoms with Crippen molar-refractivity contribution in [3.63, 3.8) is 0 Å². The number of thiol groups is 1. The molecule has 17 heteroatoms. The fourth-order valence-corrected chi connectivity index (χ4v) is 6.49. The minimum atomic E-state index is -1.39. The minimum absolute atomic E-state index is 0.00409. The largest absolute Gasteiger partial charge is 0.481 e. The number of aliphatic carboxylic acids is 3. The summed E-state index contributed by atoms with van der Waals surface area (Å²) in [6.07, 6.45) is 3.11. The highest BCUT2D eigenvalue weighted by Gasteiger charge is 2.30. The maximum absolute atomic E-state index is 13.5. The molecule has 16 nitrogen and oxygen atoms in total. The minimum Gasteiger partial charge on any atom is -0.481 e. The van der Waals surface area contributed by atoms with Crippen LogP contribution in [0.25, 0.3) is 10.8 Å². The van der Waals surface area contributed by atoms with Crippen molar-refractivity contribution in [2.45, 2.75) is 94.8 Å².